The zero-order valence-electron chi connectivity index (χ0n) is 20.0. The average Bonchev–Trinajstić information content (AvgIpc) is 3.19. The van der Waals surface area contributed by atoms with Crippen molar-refractivity contribution in [1.82, 2.24) is 4.90 Å². The molecule has 0 aromatic heterocycles. The molecule has 1 fully saturated rings. The van der Waals surface area contributed by atoms with E-state index >= 15 is 0 Å². The highest BCUT2D eigenvalue weighted by molar-refractivity contribution is 6.24. The van der Waals surface area contributed by atoms with Gasteiger partial charge < -0.3 is 10.2 Å². The van der Waals surface area contributed by atoms with Crippen LogP contribution in [0.1, 0.15) is 41.9 Å². The van der Waals surface area contributed by atoms with E-state index in [1.807, 2.05) is 61.5 Å². The van der Waals surface area contributed by atoms with Gasteiger partial charge in [0.25, 0.3) is 0 Å². The molecule has 2 aliphatic rings. The van der Waals surface area contributed by atoms with Gasteiger partial charge in [-0.25, -0.2) is 0 Å². The van der Waals surface area contributed by atoms with Crippen LogP contribution in [0.5, 0.6) is 0 Å². The van der Waals surface area contributed by atoms with Gasteiger partial charge in [0.05, 0.1) is 11.4 Å². The van der Waals surface area contributed by atoms with Gasteiger partial charge in [0.15, 0.2) is 0 Å². The number of nitrogens with one attached hydrogen (secondary N) is 1. The van der Waals surface area contributed by atoms with Crippen molar-refractivity contribution in [2.75, 3.05) is 37.4 Å². The second-order valence-corrected chi connectivity index (χ2v) is 9.45. The normalized spacial score (nSPS) is 18.5. The lowest BCUT2D eigenvalue weighted by Gasteiger charge is -2.26. The zero-order chi connectivity index (χ0) is 23.5. The van der Waals surface area contributed by atoms with Crippen LogP contribution >= 0.6 is 0 Å². The van der Waals surface area contributed by atoms with Gasteiger partial charge in [-0.05, 0) is 66.9 Å². The Hall–Kier alpha value is -3.44. The van der Waals surface area contributed by atoms with Crippen LogP contribution in [-0.2, 0) is 11.3 Å². The van der Waals surface area contributed by atoms with Gasteiger partial charge in [0.2, 0.25) is 5.91 Å². The van der Waals surface area contributed by atoms with E-state index in [4.69, 9.17) is 4.99 Å². The van der Waals surface area contributed by atoms with E-state index in [0.717, 1.165) is 40.4 Å². The highest BCUT2D eigenvalue weighted by Gasteiger charge is 2.35. The number of carbonyl (C=O) groups excluding carboxylic acids is 1. The van der Waals surface area contributed by atoms with E-state index in [1.54, 1.807) is 0 Å². The number of nitrogens with zero attached hydrogens (tertiary/aromatic N) is 3. The maximum absolute atomic E-state index is 13.2. The number of fused-ring (bicyclic) bond motifs is 1. The molecule has 1 unspecified atom stereocenters. The summed E-state index contributed by atoms with van der Waals surface area (Å²) in [5, 5.41) is 3.08. The van der Waals surface area contributed by atoms with Gasteiger partial charge in [-0.15, -0.1) is 0 Å². The first-order chi connectivity index (χ1) is 16.6. The molecule has 0 spiro atoms. The van der Waals surface area contributed by atoms with Crippen LogP contribution in [0, 0.1) is 0 Å². The Balaban J connectivity index is 1.48. The lowest BCUT2D eigenvalue weighted by molar-refractivity contribution is -0.115. The number of carbonyl (C=O) groups is 1. The number of hydrogen-bond donors (Lipinski definition) is 1. The van der Waals surface area contributed by atoms with Crippen molar-refractivity contribution in [3.05, 3.63) is 89.5 Å². The second kappa shape index (κ2) is 9.82. The summed E-state index contributed by atoms with van der Waals surface area (Å²) in [6.45, 7) is 3.36. The highest BCUT2D eigenvalue weighted by atomic mass is 16.2. The standard InChI is InChI=1S/C29H32N4O/c1-32(2)24-15-16-25-26(19-24)31-29(34)27(25)28(22-9-5-3-6-10-22)30-23-13-11-21(12-14-23)20-33-17-7-4-8-18-33/h3,5-6,9-16,19,27H,4,7-8,17-18,20H2,1-2H3,(H,31,34). The molecular weight excluding hydrogens is 420 g/mol. The molecule has 5 nitrogen and oxygen atoms in total. The fourth-order valence-corrected chi connectivity index (χ4v) is 4.90. The molecule has 0 bridgehead atoms. The van der Waals surface area contributed by atoms with Crippen molar-refractivity contribution in [3.63, 3.8) is 0 Å². The largest absolute Gasteiger partial charge is 0.378 e. The van der Waals surface area contributed by atoms with Gasteiger partial charge in [-0.1, -0.05) is 55.0 Å². The molecule has 2 heterocycles. The quantitative estimate of drug-likeness (QED) is 0.496. The summed E-state index contributed by atoms with van der Waals surface area (Å²) in [5.41, 5.74) is 6.81. The van der Waals surface area contributed by atoms with Crippen molar-refractivity contribution in [2.45, 2.75) is 31.7 Å². The van der Waals surface area contributed by atoms with Crippen LogP contribution in [0.4, 0.5) is 17.1 Å². The number of amides is 1. The minimum Gasteiger partial charge on any atom is -0.378 e. The van der Waals surface area contributed by atoms with Crippen LogP contribution in [0.3, 0.4) is 0 Å². The van der Waals surface area contributed by atoms with Gasteiger partial charge in [-0.2, -0.15) is 0 Å². The number of hydrogen-bond acceptors (Lipinski definition) is 4. The molecule has 3 aromatic carbocycles. The third-order valence-electron chi connectivity index (χ3n) is 6.77. The van der Waals surface area contributed by atoms with E-state index < -0.39 is 5.92 Å². The molecule has 0 saturated carbocycles. The number of aliphatic imine (C=N–C) groups is 1. The predicted molar refractivity (Wildman–Crippen MR) is 140 cm³/mol. The lowest BCUT2D eigenvalue weighted by Crippen LogP contribution is -2.28. The van der Waals surface area contributed by atoms with E-state index in [9.17, 15) is 4.79 Å². The van der Waals surface area contributed by atoms with Crippen LogP contribution in [0.15, 0.2) is 77.8 Å². The van der Waals surface area contributed by atoms with Crippen LogP contribution < -0.4 is 10.2 Å². The summed E-state index contributed by atoms with van der Waals surface area (Å²) in [6, 6.07) is 24.7. The Morgan fingerprint density at radius 2 is 1.71 bits per heavy atom. The first-order valence-corrected chi connectivity index (χ1v) is 12.2. The smallest absolute Gasteiger partial charge is 0.238 e. The molecule has 5 rings (SSSR count). The SMILES string of the molecule is CN(C)c1ccc2c(c1)NC(=O)C2C(=Nc1ccc(CN2CCCCC2)cc1)c1ccccc1. The fraction of sp³-hybridized carbons (Fsp3) is 0.310. The first kappa shape index (κ1) is 22.4. The van der Waals surface area contributed by atoms with E-state index in [2.05, 4.69) is 40.5 Å². The van der Waals surface area contributed by atoms with Crippen molar-refractivity contribution >= 4 is 28.7 Å². The molecule has 1 N–H and O–H groups in total. The Morgan fingerprint density at radius 3 is 2.41 bits per heavy atom. The van der Waals surface area contributed by atoms with Crippen LogP contribution in [0.2, 0.25) is 0 Å². The predicted octanol–water partition coefficient (Wildman–Crippen LogP) is 5.60. The second-order valence-electron chi connectivity index (χ2n) is 9.45. The maximum Gasteiger partial charge on any atom is 0.238 e. The molecule has 0 radical (unpaired) electrons. The summed E-state index contributed by atoms with van der Waals surface area (Å²) in [6.07, 6.45) is 3.94. The minimum absolute atomic E-state index is 0.0322. The molecular formula is C29H32N4O. The summed E-state index contributed by atoms with van der Waals surface area (Å²) in [7, 11) is 4.00. The molecule has 1 amide bonds. The Kier molecular flexibility index (Phi) is 6.45. The number of benzene rings is 3. The topological polar surface area (TPSA) is 47.9 Å². The number of likely N-dealkylation sites (tertiary alicyclic amines) is 1. The maximum atomic E-state index is 13.2. The molecule has 1 saturated heterocycles. The zero-order valence-corrected chi connectivity index (χ0v) is 20.0. The third kappa shape index (κ3) is 4.75. The number of piperidine rings is 1. The Labute approximate surface area is 202 Å². The molecule has 1 atom stereocenters. The molecule has 2 aliphatic heterocycles. The first-order valence-electron chi connectivity index (χ1n) is 12.2. The summed E-state index contributed by atoms with van der Waals surface area (Å²) in [5.74, 6) is -0.475. The average molecular weight is 453 g/mol. The van der Waals surface area contributed by atoms with E-state index in [0.29, 0.717) is 0 Å². The summed E-state index contributed by atoms with van der Waals surface area (Å²) >= 11 is 0. The number of anilines is 2. The van der Waals surface area contributed by atoms with Crippen molar-refractivity contribution < 1.29 is 4.79 Å². The Bertz CT molecular complexity index is 1180. The third-order valence-corrected chi connectivity index (χ3v) is 6.77. The minimum atomic E-state index is -0.443. The summed E-state index contributed by atoms with van der Waals surface area (Å²) in [4.78, 5) is 22.8. The molecule has 34 heavy (non-hydrogen) atoms. The van der Waals surface area contributed by atoms with Crippen molar-refractivity contribution in [2.24, 2.45) is 4.99 Å². The van der Waals surface area contributed by atoms with E-state index in [-0.39, 0.29) is 5.91 Å². The van der Waals surface area contributed by atoms with Gasteiger partial charge in [0, 0.05) is 32.0 Å². The Morgan fingerprint density at radius 1 is 0.971 bits per heavy atom. The van der Waals surface area contributed by atoms with Crippen LogP contribution in [0.25, 0.3) is 0 Å². The highest BCUT2D eigenvalue weighted by Crippen LogP contribution is 2.38. The molecule has 174 valence electrons. The summed E-state index contributed by atoms with van der Waals surface area (Å²) < 4.78 is 0. The van der Waals surface area contributed by atoms with Crippen molar-refractivity contribution in [3.8, 4) is 0 Å². The van der Waals surface area contributed by atoms with Crippen LogP contribution in [-0.4, -0.2) is 43.7 Å². The molecule has 5 heteroatoms. The van der Waals surface area contributed by atoms with Gasteiger partial charge in [0.1, 0.15) is 5.92 Å². The monoisotopic (exact) mass is 452 g/mol. The lowest BCUT2D eigenvalue weighted by atomic mass is 9.90. The van der Waals surface area contributed by atoms with Gasteiger partial charge >= 0.3 is 0 Å². The number of rotatable bonds is 6. The van der Waals surface area contributed by atoms with E-state index in [1.165, 1.54) is 37.9 Å². The fourth-order valence-electron chi connectivity index (χ4n) is 4.90. The van der Waals surface area contributed by atoms with Crippen molar-refractivity contribution in [1.29, 1.82) is 0 Å². The van der Waals surface area contributed by atoms with Gasteiger partial charge in [-0.3, -0.25) is 14.7 Å². The molecule has 3 aromatic rings. The molecule has 0 aliphatic carbocycles.